The predicted molar refractivity (Wildman–Crippen MR) is 57.9 cm³/mol. The normalized spacial score (nSPS) is 14.1. The summed E-state index contributed by atoms with van der Waals surface area (Å²) >= 11 is 0. The molecule has 0 aliphatic carbocycles. The Labute approximate surface area is 95.1 Å². The van der Waals surface area contributed by atoms with Crippen molar-refractivity contribution in [1.82, 2.24) is 10.1 Å². The van der Waals surface area contributed by atoms with E-state index < -0.39 is 5.60 Å². The maximum Gasteiger partial charge on any atom is 0.229 e. The first-order valence-corrected chi connectivity index (χ1v) is 5.14. The van der Waals surface area contributed by atoms with E-state index in [0.717, 1.165) is 0 Å². The SMILES string of the molecule is COC(CN)Cc1nc(C(C)(C)OC)no1. The van der Waals surface area contributed by atoms with Crippen molar-refractivity contribution in [3.8, 4) is 0 Å². The van der Waals surface area contributed by atoms with Gasteiger partial charge in [0.05, 0.1) is 12.5 Å². The molecule has 6 nitrogen and oxygen atoms in total. The second-order valence-corrected chi connectivity index (χ2v) is 4.02. The summed E-state index contributed by atoms with van der Waals surface area (Å²) in [5.41, 5.74) is 4.96. The van der Waals surface area contributed by atoms with Gasteiger partial charge in [-0.25, -0.2) is 0 Å². The summed E-state index contributed by atoms with van der Waals surface area (Å²) in [6.07, 6.45) is 0.415. The number of hydrogen-bond acceptors (Lipinski definition) is 6. The Bertz CT molecular complexity index is 321. The maximum absolute atomic E-state index is 5.51. The van der Waals surface area contributed by atoms with E-state index in [0.29, 0.717) is 24.7 Å². The Hall–Kier alpha value is -0.980. The van der Waals surface area contributed by atoms with E-state index in [2.05, 4.69) is 10.1 Å². The van der Waals surface area contributed by atoms with Crippen LogP contribution < -0.4 is 5.73 Å². The van der Waals surface area contributed by atoms with Gasteiger partial charge in [-0.2, -0.15) is 4.98 Å². The lowest BCUT2D eigenvalue weighted by Crippen LogP contribution is -2.25. The van der Waals surface area contributed by atoms with Crippen LogP contribution in [0.5, 0.6) is 0 Å². The minimum atomic E-state index is -0.549. The van der Waals surface area contributed by atoms with Crippen molar-refractivity contribution in [2.75, 3.05) is 20.8 Å². The summed E-state index contributed by atoms with van der Waals surface area (Å²) in [4.78, 5) is 4.25. The average molecular weight is 229 g/mol. The van der Waals surface area contributed by atoms with E-state index in [9.17, 15) is 0 Å². The highest BCUT2D eigenvalue weighted by Crippen LogP contribution is 2.20. The summed E-state index contributed by atoms with van der Waals surface area (Å²) in [6, 6.07) is 0. The van der Waals surface area contributed by atoms with Crippen molar-refractivity contribution in [1.29, 1.82) is 0 Å². The van der Waals surface area contributed by atoms with Crippen LogP contribution in [0.3, 0.4) is 0 Å². The van der Waals surface area contributed by atoms with Gasteiger partial charge in [-0.1, -0.05) is 5.16 Å². The Morgan fingerprint density at radius 1 is 1.44 bits per heavy atom. The summed E-state index contributed by atoms with van der Waals surface area (Å²) in [5, 5.41) is 3.87. The van der Waals surface area contributed by atoms with Crippen LogP contribution in [0.15, 0.2) is 4.52 Å². The summed E-state index contributed by atoms with van der Waals surface area (Å²) in [5.74, 6) is 1.04. The lowest BCUT2D eigenvalue weighted by Gasteiger charge is -2.17. The van der Waals surface area contributed by atoms with E-state index in [4.69, 9.17) is 19.7 Å². The van der Waals surface area contributed by atoms with Crippen molar-refractivity contribution >= 4 is 0 Å². The van der Waals surface area contributed by atoms with Gasteiger partial charge in [0, 0.05) is 20.8 Å². The average Bonchev–Trinajstić information content (AvgIpc) is 2.75. The molecule has 0 amide bonds. The fourth-order valence-electron chi connectivity index (χ4n) is 1.13. The van der Waals surface area contributed by atoms with Gasteiger partial charge >= 0.3 is 0 Å². The molecular weight excluding hydrogens is 210 g/mol. The van der Waals surface area contributed by atoms with Crippen LogP contribution in [0.1, 0.15) is 25.6 Å². The molecule has 0 aromatic carbocycles. The van der Waals surface area contributed by atoms with Crippen LogP contribution in [0.25, 0.3) is 0 Å². The van der Waals surface area contributed by atoms with Crippen LogP contribution in [0, 0.1) is 0 Å². The summed E-state index contributed by atoms with van der Waals surface area (Å²) in [6.45, 7) is 4.17. The Balaban J connectivity index is 2.71. The zero-order chi connectivity index (χ0) is 12.2. The van der Waals surface area contributed by atoms with Crippen LogP contribution in [-0.4, -0.2) is 37.0 Å². The molecule has 1 heterocycles. The molecule has 0 bridgehead atoms. The van der Waals surface area contributed by atoms with Crippen molar-refractivity contribution in [3.05, 3.63) is 11.7 Å². The van der Waals surface area contributed by atoms with Gasteiger partial charge in [0.15, 0.2) is 0 Å². The quantitative estimate of drug-likeness (QED) is 0.763. The van der Waals surface area contributed by atoms with Crippen molar-refractivity contribution in [2.45, 2.75) is 32.0 Å². The molecule has 92 valence electrons. The number of hydrogen-bond donors (Lipinski definition) is 1. The van der Waals surface area contributed by atoms with Gasteiger partial charge in [0.1, 0.15) is 5.60 Å². The Morgan fingerprint density at radius 3 is 2.62 bits per heavy atom. The lowest BCUT2D eigenvalue weighted by molar-refractivity contribution is 0.00973. The molecule has 1 aromatic rings. The van der Waals surface area contributed by atoms with Crippen molar-refractivity contribution in [2.24, 2.45) is 5.73 Å². The number of nitrogens with zero attached hydrogens (tertiary/aromatic N) is 2. The van der Waals surface area contributed by atoms with Gasteiger partial charge in [0.25, 0.3) is 0 Å². The molecule has 0 saturated carbocycles. The topological polar surface area (TPSA) is 83.4 Å². The molecule has 0 spiro atoms. The second-order valence-electron chi connectivity index (χ2n) is 4.02. The van der Waals surface area contributed by atoms with E-state index in [1.165, 1.54) is 0 Å². The third-order valence-electron chi connectivity index (χ3n) is 2.52. The first-order chi connectivity index (χ1) is 7.53. The first-order valence-electron chi connectivity index (χ1n) is 5.14. The van der Waals surface area contributed by atoms with Gasteiger partial charge in [-0.3, -0.25) is 0 Å². The van der Waals surface area contributed by atoms with Gasteiger partial charge in [-0.15, -0.1) is 0 Å². The highest BCUT2D eigenvalue weighted by atomic mass is 16.5. The summed E-state index contributed by atoms with van der Waals surface area (Å²) < 4.78 is 15.5. The predicted octanol–water partition coefficient (Wildman–Crippen LogP) is 0.467. The summed E-state index contributed by atoms with van der Waals surface area (Å²) in [7, 11) is 3.21. The number of methoxy groups -OCH3 is 2. The largest absolute Gasteiger partial charge is 0.380 e. The highest BCUT2D eigenvalue weighted by molar-refractivity contribution is 4.97. The smallest absolute Gasteiger partial charge is 0.229 e. The number of rotatable bonds is 6. The molecule has 16 heavy (non-hydrogen) atoms. The molecule has 1 aromatic heterocycles. The molecule has 0 fully saturated rings. The molecule has 0 radical (unpaired) electrons. The van der Waals surface area contributed by atoms with Crippen LogP contribution in [-0.2, 0) is 21.5 Å². The van der Waals surface area contributed by atoms with Crippen molar-refractivity contribution in [3.63, 3.8) is 0 Å². The van der Waals surface area contributed by atoms with Crippen LogP contribution >= 0.6 is 0 Å². The van der Waals surface area contributed by atoms with Crippen LogP contribution in [0.4, 0.5) is 0 Å². The third kappa shape index (κ3) is 3.01. The molecule has 0 aliphatic heterocycles. The molecule has 1 rings (SSSR count). The van der Waals surface area contributed by atoms with Crippen molar-refractivity contribution < 1.29 is 14.0 Å². The van der Waals surface area contributed by atoms with Gasteiger partial charge < -0.3 is 19.7 Å². The molecule has 2 N–H and O–H groups in total. The fourth-order valence-corrected chi connectivity index (χ4v) is 1.13. The Morgan fingerprint density at radius 2 is 2.12 bits per heavy atom. The maximum atomic E-state index is 5.51. The monoisotopic (exact) mass is 229 g/mol. The van der Waals surface area contributed by atoms with Gasteiger partial charge in [-0.05, 0) is 13.8 Å². The standard InChI is InChI=1S/C10H19N3O3/c1-10(2,15-4)9-12-8(16-13-9)5-7(6-11)14-3/h7H,5-6,11H2,1-4H3. The number of aromatic nitrogens is 2. The number of nitrogens with two attached hydrogens (primary N) is 1. The molecule has 1 unspecified atom stereocenters. The molecule has 0 aliphatic rings. The number of ether oxygens (including phenoxy) is 2. The first kappa shape index (κ1) is 13.1. The molecule has 6 heteroatoms. The zero-order valence-corrected chi connectivity index (χ0v) is 10.2. The molecule has 1 atom stereocenters. The molecule has 0 saturated heterocycles. The molecular formula is C10H19N3O3. The minimum absolute atomic E-state index is 0.0982. The van der Waals surface area contributed by atoms with E-state index >= 15 is 0 Å². The highest BCUT2D eigenvalue weighted by Gasteiger charge is 2.26. The van der Waals surface area contributed by atoms with E-state index in [-0.39, 0.29) is 6.10 Å². The minimum Gasteiger partial charge on any atom is -0.380 e. The lowest BCUT2D eigenvalue weighted by atomic mass is 10.1. The van der Waals surface area contributed by atoms with E-state index in [1.54, 1.807) is 14.2 Å². The zero-order valence-electron chi connectivity index (χ0n) is 10.2. The van der Waals surface area contributed by atoms with E-state index in [1.807, 2.05) is 13.8 Å². The van der Waals surface area contributed by atoms with Gasteiger partial charge in [0.2, 0.25) is 11.7 Å². The van der Waals surface area contributed by atoms with Crippen LogP contribution in [0.2, 0.25) is 0 Å². The second kappa shape index (κ2) is 5.38. The fraction of sp³-hybridized carbons (Fsp3) is 0.800. The third-order valence-corrected chi connectivity index (χ3v) is 2.52. The Kier molecular flexibility index (Phi) is 4.40.